The third-order valence-corrected chi connectivity index (χ3v) is 3.23. The van der Waals surface area contributed by atoms with Crippen LogP contribution in [0, 0.1) is 0 Å². The highest BCUT2D eigenvalue weighted by Gasteiger charge is 2.06. The zero-order valence-electron chi connectivity index (χ0n) is 11.0. The van der Waals surface area contributed by atoms with Gasteiger partial charge in [-0.15, -0.1) is 11.3 Å². The summed E-state index contributed by atoms with van der Waals surface area (Å²) < 4.78 is 0. The molecule has 21 heavy (non-hydrogen) atoms. The monoisotopic (exact) mass is 303 g/mol. The molecule has 0 radical (unpaired) electrons. The second kappa shape index (κ2) is 7.30. The smallest absolute Gasteiger partial charge is 0.328 e. The summed E-state index contributed by atoms with van der Waals surface area (Å²) in [6.07, 6.45) is 5.99. The van der Waals surface area contributed by atoms with Gasteiger partial charge in [0.2, 0.25) is 0 Å². The Bertz CT molecular complexity index is 653. The molecule has 0 atom stereocenters. The Morgan fingerprint density at radius 2 is 2.24 bits per heavy atom. The van der Waals surface area contributed by atoms with Gasteiger partial charge in [-0.2, -0.15) is 0 Å². The first kappa shape index (κ1) is 14.9. The van der Waals surface area contributed by atoms with E-state index in [-0.39, 0.29) is 5.91 Å². The maximum absolute atomic E-state index is 12.0. The predicted molar refractivity (Wildman–Crippen MR) is 79.1 cm³/mol. The van der Waals surface area contributed by atoms with Crippen LogP contribution in [0.25, 0.3) is 6.08 Å². The molecule has 0 bridgehead atoms. The highest BCUT2D eigenvalue weighted by atomic mass is 32.1. The van der Waals surface area contributed by atoms with Gasteiger partial charge in [0.1, 0.15) is 0 Å². The second-order valence-corrected chi connectivity index (χ2v) is 4.88. The van der Waals surface area contributed by atoms with Crippen molar-refractivity contribution in [2.24, 2.45) is 0 Å². The van der Waals surface area contributed by atoms with Crippen molar-refractivity contribution >= 4 is 29.3 Å². The van der Waals surface area contributed by atoms with Gasteiger partial charge in [-0.05, 0) is 17.7 Å². The molecular weight excluding hydrogens is 290 g/mol. The zero-order chi connectivity index (χ0) is 15.1. The highest BCUT2D eigenvalue weighted by Crippen LogP contribution is 2.05. The Morgan fingerprint density at radius 1 is 1.38 bits per heavy atom. The third-order valence-electron chi connectivity index (χ3n) is 2.59. The van der Waals surface area contributed by atoms with Crippen LogP contribution in [-0.4, -0.2) is 33.5 Å². The number of rotatable bonds is 6. The number of pyridine rings is 1. The van der Waals surface area contributed by atoms with Crippen molar-refractivity contribution in [3.63, 3.8) is 0 Å². The molecule has 108 valence electrons. The molecule has 0 spiro atoms. The van der Waals surface area contributed by atoms with Crippen LogP contribution in [0.5, 0.6) is 0 Å². The largest absolute Gasteiger partial charge is 0.478 e. The molecule has 2 N–H and O–H groups in total. The normalized spacial score (nSPS) is 10.7. The Labute approximate surface area is 125 Å². The van der Waals surface area contributed by atoms with E-state index in [1.54, 1.807) is 11.6 Å². The van der Waals surface area contributed by atoms with Gasteiger partial charge in [0.15, 0.2) is 0 Å². The van der Waals surface area contributed by atoms with E-state index in [2.05, 4.69) is 15.3 Å². The minimum Gasteiger partial charge on any atom is -0.478 e. The molecule has 0 saturated heterocycles. The first-order chi connectivity index (χ1) is 10.1. The van der Waals surface area contributed by atoms with Crippen molar-refractivity contribution in [2.45, 2.75) is 6.42 Å². The number of amides is 1. The lowest BCUT2D eigenvalue weighted by Gasteiger charge is -2.04. The minimum absolute atomic E-state index is 0.247. The summed E-state index contributed by atoms with van der Waals surface area (Å²) in [6.45, 7) is 0.484. The van der Waals surface area contributed by atoms with Crippen molar-refractivity contribution in [1.29, 1.82) is 0 Å². The molecule has 7 heteroatoms. The first-order valence-electron chi connectivity index (χ1n) is 6.16. The maximum atomic E-state index is 12.0. The molecule has 0 aliphatic rings. The number of aliphatic carboxylic acids is 1. The zero-order valence-corrected chi connectivity index (χ0v) is 11.8. The van der Waals surface area contributed by atoms with Gasteiger partial charge in [-0.25, -0.2) is 9.78 Å². The van der Waals surface area contributed by atoms with E-state index in [9.17, 15) is 9.59 Å². The summed E-state index contributed by atoms with van der Waals surface area (Å²) in [7, 11) is 0. The Morgan fingerprint density at radius 3 is 2.95 bits per heavy atom. The first-order valence-corrected chi connectivity index (χ1v) is 7.11. The van der Waals surface area contributed by atoms with Crippen LogP contribution in [-0.2, 0) is 11.2 Å². The van der Waals surface area contributed by atoms with Gasteiger partial charge >= 0.3 is 5.97 Å². The fourth-order valence-corrected chi connectivity index (χ4v) is 2.20. The Kier molecular flexibility index (Phi) is 5.16. The number of hydrogen-bond acceptors (Lipinski definition) is 5. The Hall–Kier alpha value is -2.54. The lowest BCUT2D eigenvalue weighted by atomic mass is 10.2. The van der Waals surface area contributed by atoms with E-state index < -0.39 is 5.97 Å². The lowest BCUT2D eigenvalue weighted by Crippen LogP contribution is -2.25. The summed E-state index contributed by atoms with van der Waals surface area (Å²) in [5.74, 6) is -1.29. The van der Waals surface area contributed by atoms with Crippen LogP contribution in [0.4, 0.5) is 0 Å². The summed E-state index contributed by atoms with van der Waals surface area (Å²) in [5, 5.41) is 13.3. The Balaban J connectivity index is 1.92. The average molecular weight is 303 g/mol. The number of aromatic nitrogens is 2. The van der Waals surface area contributed by atoms with Crippen molar-refractivity contribution in [3.05, 3.63) is 52.2 Å². The number of nitrogens with one attached hydrogen (secondary N) is 1. The van der Waals surface area contributed by atoms with Crippen LogP contribution in [0.2, 0.25) is 0 Å². The molecule has 1 amide bonds. The number of nitrogens with zero attached hydrogens (tertiary/aromatic N) is 2. The maximum Gasteiger partial charge on any atom is 0.328 e. The molecule has 0 saturated carbocycles. The molecule has 0 aliphatic heterocycles. The second-order valence-electron chi connectivity index (χ2n) is 4.16. The number of hydrogen-bond donors (Lipinski definition) is 2. The fraction of sp³-hybridized carbons (Fsp3) is 0.143. The van der Waals surface area contributed by atoms with Gasteiger partial charge in [-0.3, -0.25) is 9.78 Å². The number of carbonyl (C=O) groups excluding carboxylic acids is 1. The van der Waals surface area contributed by atoms with Crippen molar-refractivity contribution in [3.8, 4) is 0 Å². The minimum atomic E-state index is -1.05. The molecular formula is C14H13N3O3S. The standard InChI is InChI=1S/C14H13N3O3S/c18-13(19)2-1-10-5-11(7-15-6-10)14(20)16-4-3-12-8-21-9-17-12/h1-2,5-9H,3-4H2,(H,16,20)(H,18,19). The van der Waals surface area contributed by atoms with E-state index in [1.807, 2.05) is 5.38 Å². The van der Waals surface area contributed by atoms with Crippen LogP contribution in [0.1, 0.15) is 21.6 Å². The average Bonchev–Trinajstić information content (AvgIpc) is 2.98. The van der Waals surface area contributed by atoms with Crippen LogP contribution < -0.4 is 5.32 Å². The molecule has 6 nitrogen and oxygen atoms in total. The SMILES string of the molecule is O=C(O)C=Cc1cncc(C(=O)NCCc2cscn2)c1. The van der Waals surface area contributed by atoms with E-state index in [0.29, 0.717) is 24.1 Å². The molecule has 0 unspecified atom stereocenters. The quantitative estimate of drug-likeness (QED) is 0.791. The summed E-state index contributed by atoms with van der Waals surface area (Å²) >= 11 is 1.52. The molecule has 0 aliphatic carbocycles. The van der Waals surface area contributed by atoms with E-state index in [4.69, 9.17) is 5.11 Å². The number of carbonyl (C=O) groups is 2. The van der Waals surface area contributed by atoms with Gasteiger partial charge < -0.3 is 10.4 Å². The highest BCUT2D eigenvalue weighted by molar-refractivity contribution is 7.07. The molecule has 2 heterocycles. The summed E-state index contributed by atoms with van der Waals surface area (Å²) in [5.41, 5.74) is 3.64. The van der Waals surface area contributed by atoms with E-state index in [1.165, 1.54) is 29.8 Å². The van der Waals surface area contributed by atoms with Crippen LogP contribution >= 0.6 is 11.3 Å². The van der Waals surface area contributed by atoms with Crippen LogP contribution in [0.15, 0.2) is 35.4 Å². The molecule has 2 aromatic rings. The van der Waals surface area contributed by atoms with Crippen molar-refractivity contribution < 1.29 is 14.7 Å². The van der Waals surface area contributed by atoms with Gasteiger partial charge in [0, 0.05) is 36.8 Å². The predicted octanol–water partition coefficient (Wildman–Crippen LogP) is 1.61. The van der Waals surface area contributed by atoms with Crippen molar-refractivity contribution in [2.75, 3.05) is 6.54 Å². The molecule has 2 aromatic heterocycles. The molecule has 0 fully saturated rings. The third kappa shape index (κ3) is 4.81. The summed E-state index contributed by atoms with van der Waals surface area (Å²) in [6, 6.07) is 1.59. The lowest BCUT2D eigenvalue weighted by molar-refractivity contribution is -0.131. The molecule has 0 aromatic carbocycles. The summed E-state index contributed by atoms with van der Waals surface area (Å²) in [4.78, 5) is 30.5. The number of carboxylic acids is 1. The van der Waals surface area contributed by atoms with E-state index in [0.717, 1.165) is 11.8 Å². The topological polar surface area (TPSA) is 92.2 Å². The fourth-order valence-electron chi connectivity index (χ4n) is 1.61. The van der Waals surface area contributed by atoms with E-state index >= 15 is 0 Å². The number of thiazole rings is 1. The molecule has 2 rings (SSSR count). The van der Waals surface area contributed by atoms with Crippen molar-refractivity contribution in [1.82, 2.24) is 15.3 Å². The van der Waals surface area contributed by atoms with Crippen LogP contribution in [0.3, 0.4) is 0 Å². The number of carboxylic acid groups (broad SMARTS) is 1. The van der Waals surface area contributed by atoms with Gasteiger partial charge in [0.25, 0.3) is 5.91 Å². The van der Waals surface area contributed by atoms with Gasteiger partial charge in [0.05, 0.1) is 16.8 Å². The van der Waals surface area contributed by atoms with Gasteiger partial charge in [-0.1, -0.05) is 0 Å².